The van der Waals surface area contributed by atoms with Gasteiger partial charge >= 0.3 is 0 Å². The molecule has 2 unspecified atom stereocenters. The zero-order valence-corrected chi connectivity index (χ0v) is 11.7. The summed E-state index contributed by atoms with van der Waals surface area (Å²) < 4.78 is 0. The summed E-state index contributed by atoms with van der Waals surface area (Å²) in [5.74, 6) is 1.13. The van der Waals surface area contributed by atoms with Crippen LogP contribution in [0.3, 0.4) is 0 Å². The fourth-order valence-electron chi connectivity index (χ4n) is 2.23. The van der Waals surface area contributed by atoms with Crippen LogP contribution in [0.5, 0.6) is 0 Å². The van der Waals surface area contributed by atoms with Crippen LogP contribution in [0.1, 0.15) is 54.9 Å². The molecule has 2 N–H and O–H groups in total. The van der Waals surface area contributed by atoms with Gasteiger partial charge in [-0.1, -0.05) is 27.7 Å². The molecule has 0 saturated carbocycles. The van der Waals surface area contributed by atoms with Crippen molar-refractivity contribution >= 4 is 0 Å². The van der Waals surface area contributed by atoms with Crippen molar-refractivity contribution in [2.45, 2.75) is 66.6 Å². The van der Waals surface area contributed by atoms with Gasteiger partial charge in [-0.05, 0) is 45.6 Å². The highest BCUT2D eigenvalue weighted by Gasteiger charge is 2.35. The van der Waals surface area contributed by atoms with E-state index in [1.165, 1.54) is 0 Å². The molecule has 2 nitrogen and oxygen atoms in total. The third-order valence-electron chi connectivity index (χ3n) is 3.63. The van der Waals surface area contributed by atoms with Gasteiger partial charge in [0.25, 0.3) is 0 Å². The Hall–Kier alpha value is -0.0800. The molecule has 0 saturated heterocycles. The predicted octanol–water partition coefficient (Wildman–Crippen LogP) is 3.07. The van der Waals surface area contributed by atoms with Crippen LogP contribution in [-0.4, -0.2) is 23.1 Å². The predicted molar refractivity (Wildman–Crippen MR) is 68.7 cm³/mol. The summed E-state index contributed by atoms with van der Waals surface area (Å²) in [6.45, 7) is 16.7. The van der Waals surface area contributed by atoms with Crippen LogP contribution < -0.4 is 5.73 Å². The highest BCUT2D eigenvalue weighted by atomic mass is 15.3. The van der Waals surface area contributed by atoms with Crippen molar-refractivity contribution in [3.05, 3.63) is 0 Å². The standard InChI is InChI=1S/C13H30N2/c1-8-9-15(11(4)5)13(7,14)12(6)10(2)3/h10-12H,8-9,14H2,1-7H3. The van der Waals surface area contributed by atoms with E-state index in [1.54, 1.807) is 0 Å². The molecule has 2 heteroatoms. The van der Waals surface area contributed by atoms with Crippen LogP contribution >= 0.6 is 0 Å². The Labute approximate surface area is 96.2 Å². The molecule has 0 aromatic rings. The summed E-state index contributed by atoms with van der Waals surface area (Å²) in [6.07, 6.45) is 1.16. The first-order valence-electron chi connectivity index (χ1n) is 6.30. The first-order valence-corrected chi connectivity index (χ1v) is 6.30. The van der Waals surface area contributed by atoms with Crippen molar-refractivity contribution in [3.8, 4) is 0 Å². The summed E-state index contributed by atoms with van der Waals surface area (Å²) in [4.78, 5) is 2.43. The normalized spacial score (nSPS) is 18.6. The molecule has 92 valence electrons. The molecule has 0 radical (unpaired) electrons. The lowest BCUT2D eigenvalue weighted by molar-refractivity contribution is 0.0138. The van der Waals surface area contributed by atoms with Gasteiger partial charge in [-0.3, -0.25) is 4.90 Å². The molecular formula is C13H30N2. The largest absolute Gasteiger partial charge is 0.313 e. The Kier molecular flexibility index (Phi) is 5.82. The Morgan fingerprint density at radius 3 is 1.87 bits per heavy atom. The second-order valence-corrected chi connectivity index (χ2v) is 5.55. The molecule has 0 aromatic carbocycles. The topological polar surface area (TPSA) is 29.3 Å². The van der Waals surface area contributed by atoms with E-state index >= 15 is 0 Å². The molecule has 0 rings (SSSR count). The summed E-state index contributed by atoms with van der Waals surface area (Å²) in [5.41, 5.74) is 6.32. The van der Waals surface area contributed by atoms with Crippen LogP contribution in [0.25, 0.3) is 0 Å². The van der Waals surface area contributed by atoms with Crippen LogP contribution in [0.15, 0.2) is 0 Å². The number of rotatable bonds is 6. The average molecular weight is 214 g/mol. The lowest BCUT2D eigenvalue weighted by atomic mass is 9.84. The van der Waals surface area contributed by atoms with E-state index in [0.717, 1.165) is 13.0 Å². The third-order valence-corrected chi connectivity index (χ3v) is 3.63. The molecule has 0 amide bonds. The SMILES string of the molecule is CCCN(C(C)C)C(C)(N)C(C)C(C)C. The summed E-state index contributed by atoms with van der Waals surface area (Å²) >= 11 is 0. The van der Waals surface area contributed by atoms with Gasteiger partial charge in [-0.15, -0.1) is 0 Å². The van der Waals surface area contributed by atoms with Crippen LogP contribution in [-0.2, 0) is 0 Å². The van der Waals surface area contributed by atoms with E-state index in [4.69, 9.17) is 5.73 Å². The third kappa shape index (κ3) is 3.76. The minimum atomic E-state index is -0.196. The summed E-state index contributed by atoms with van der Waals surface area (Å²) in [7, 11) is 0. The summed E-state index contributed by atoms with van der Waals surface area (Å²) in [5, 5.41) is 0. The molecule has 0 bridgehead atoms. The molecule has 2 atom stereocenters. The monoisotopic (exact) mass is 214 g/mol. The zero-order valence-electron chi connectivity index (χ0n) is 11.7. The van der Waals surface area contributed by atoms with Crippen molar-refractivity contribution < 1.29 is 0 Å². The van der Waals surface area contributed by atoms with Crippen molar-refractivity contribution in [2.75, 3.05) is 6.54 Å². The quantitative estimate of drug-likeness (QED) is 0.689. The zero-order chi connectivity index (χ0) is 12.2. The molecule has 0 fully saturated rings. The maximum atomic E-state index is 6.52. The number of hydrogen-bond acceptors (Lipinski definition) is 2. The molecule has 0 spiro atoms. The minimum Gasteiger partial charge on any atom is -0.313 e. The Balaban J connectivity index is 4.76. The fraction of sp³-hybridized carbons (Fsp3) is 1.00. The van der Waals surface area contributed by atoms with Gasteiger partial charge in [-0.25, -0.2) is 0 Å². The Morgan fingerprint density at radius 2 is 1.60 bits per heavy atom. The minimum absolute atomic E-state index is 0.196. The molecular weight excluding hydrogens is 184 g/mol. The molecule has 15 heavy (non-hydrogen) atoms. The van der Waals surface area contributed by atoms with Crippen LogP contribution in [0.2, 0.25) is 0 Å². The smallest absolute Gasteiger partial charge is 0.0689 e. The lowest BCUT2D eigenvalue weighted by Crippen LogP contribution is -2.61. The number of nitrogens with two attached hydrogens (primary N) is 1. The number of nitrogens with zero attached hydrogens (tertiary/aromatic N) is 1. The van der Waals surface area contributed by atoms with Gasteiger partial charge < -0.3 is 5.73 Å². The van der Waals surface area contributed by atoms with Crippen LogP contribution in [0, 0.1) is 11.8 Å². The summed E-state index contributed by atoms with van der Waals surface area (Å²) in [6, 6.07) is 0.515. The van der Waals surface area contributed by atoms with Gasteiger partial charge in [0.2, 0.25) is 0 Å². The van der Waals surface area contributed by atoms with E-state index in [0.29, 0.717) is 17.9 Å². The van der Waals surface area contributed by atoms with Crippen molar-refractivity contribution in [3.63, 3.8) is 0 Å². The van der Waals surface area contributed by atoms with E-state index in [1.807, 2.05) is 0 Å². The highest BCUT2D eigenvalue weighted by molar-refractivity contribution is 4.88. The van der Waals surface area contributed by atoms with Gasteiger partial charge in [-0.2, -0.15) is 0 Å². The van der Waals surface area contributed by atoms with E-state index < -0.39 is 0 Å². The molecule has 0 aromatic heterocycles. The second-order valence-electron chi connectivity index (χ2n) is 5.55. The average Bonchev–Trinajstić information content (AvgIpc) is 2.11. The molecule has 0 aliphatic carbocycles. The van der Waals surface area contributed by atoms with Gasteiger partial charge in [0.05, 0.1) is 5.66 Å². The van der Waals surface area contributed by atoms with Gasteiger partial charge in [0.15, 0.2) is 0 Å². The van der Waals surface area contributed by atoms with Crippen molar-refractivity contribution in [1.82, 2.24) is 4.90 Å². The van der Waals surface area contributed by atoms with Crippen molar-refractivity contribution in [1.29, 1.82) is 0 Å². The first kappa shape index (κ1) is 14.9. The van der Waals surface area contributed by atoms with E-state index in [2.05, 4.69) is 53.4 Å². The first-order chi connectivity index (χ1) is 6.75. The lowest BCUT2D eigenvalue weighted by Gasteiger charge is -2.46. The Morgan fingerprint density at radius 1 is 1.13 bits per heavy atom. The van der Waals surface area contributed by atoms with Crippen LogP contribution in [0.4, 0.5) is 0 Å². The number of hydrogen-bond donors (Lipinski definition) is 1. The van der Waals surface area contributed by atoms with E-state index in [9.17, 15) is 0 Å². The highest BCUT2D eigenvalue weighted by Crippen LogP contribution is 2.27. The second kappa shape index (κ2) is 5.86. The Bertz CT molecular complexity index is 173. The van der Waals surface area contributed by atoms with Gasteiger partial charge in [0.1, 0.15) is 0 Å². The van der Waals surface area contributed by atoms with Crippen molar-refractivity contribution in [2.24, 2.45) is 17.6 Å². The molecule has 0 heterocycles. The van der Waals surface area contributed by atoms with Gasteiger partial charge in [0, 0.05) is 6.04 Å². The molecule has 0 aliphatic heterocycles. The van der Waals surface area contributed by atoms with E-state index in [-0.39, 0.29) is 5.66 Å². The maximum Gasteiger partial charge on any atom is 0.0689 e. The molecule has 0 aliphatic rings. The maximum absolute atomic E-state index is 6.52. The fourth-order valence-corrected chi connectivity index (χ4v) is 2.23.